The van der Waals surface area contributed by atoms with E-state index in [1.54, 1.807) is 10.6 Å². The minimum atomic E-state index is -0.473. The molecule has 92 valence electrons. The Kier molecular flexibility index (Phi) is 3.26. The van der Waals surface area contributed by atoms with E-state index in [0.717, 1.165) is 0 Å². The Labute approximate surface area is 109 Å². The average molecular weight is 264 g/mol. The van der Waals surface area contributed by atoms with Crippen LogP contribution in [0.25, 0.3) is 11.3 Å². The van der Waals surface area contributed by atoms with Crippen molar-refractivity contribution in [1.29, 1.82) is 0 Å². The van der Waals surface area contributed by atoms with Gasteiger partial charge in [-0.05, 0) is 25.1 Å². The van der Waals surface area contributed by atoms with Crippen molar-refractivity contribution in [2.75, 3.05) is 5.73 Å². The number of hydrogen-bond donors (Lipinski definition) is 1. The summed E-state index contributed by atoms with van der Waals surface area (Å²) < 4.78 is 14.8. The highest BCUT2D eigenvalue weighted by Gasteiger charge is 2.14. The predicted octanol–water partition coefficient (Wildman–Crippen LogP) is 2.87. The van der Waals surface area contributed by atoms with Gasteiger partial charge in [0, 0.05) is 5.56 Å². The first-order valence-electron chi connectivity index (χ1n) is 5.26. The summed E-state index contributed by atoms with van der Waals surface area (Å²) >= 11 is 5.74. The van der Waals surface area contributed by atoms with Gasteiger partial charge in [0.25, 0.3) is 0 Å². The van der Waals surface area contributed by atoms with E-state index in [1.165, 1.54) is 12.1 Å². The van der Waals surface area contributed by atoms with Gasteiger partial charge in [0.2, 0.25) is 0 Å². The van der Waals surface area contributed by atoms with Gasteiger partial charge < -0.3 is 10.3 Å². The Morgan fingerprint density at radius 2 is 2.28 bits per heavy atom. The molecule has 0 aliphatic carbocycles. The van der Waals surface area contributed by atoms with Gasteiger partial charge >= 0.3 is 0 Å². The summed E-state index contributed by atoms with van der Waals surface area (Å²) in [6.45, 7) is 2.15. The minimum Gasteiger partial charge on any atom is -0.383 e. The third-order valence-electron chi connectivity index (χ3n) is 2.64. The third-order valence-corrected chi connectivity index (χ3v) is 2.93. The number of nitrogens with two attached hydrogens (primary N) is 1. The Morgan fingerprint density at radius 1 is 1.56 bits per heavy atom. The molecule has 18 heavy (non-hydrogen) atoms. The lowest BCUT2D eigenvalue weighted by Crippen LogP contribution is -2.03. The van der Waals surface area contributed by atoms with E-state index in [4.69, 9.17) is 23.8 Å². The molecule has 1 aromatic heterocycles. The minimum absolute atomic E-state index is 0.0380. The van der Waals surface area contributed by atoms with Gasteiger partial charge in [-0.25, -0.2) is 9.37 Å². The topological polar surface area (TPSA) is 43.8 Å². The molecule has 0 unspecified atom stereocenters. The molecule has 0 atom stereocenters. The lowest BCUT2D eigenvalue weighted by molar-refractivity contribution is 0.628. The van der Waals surface area contributed by atoms with E-state index >= 15 is 0 Å². The second-order valence-corrected chi connectivity index (χ2v) is 4.22. The largest absolute Gasteiger partial charge is 0.383 e. The average Bonchev–Trinajstić information content (AvgIpc) is 2.61. The fourth-order valence-electron chi connectivity index (χ4n) is 1.73. The number of rotatable bonds is 2. The maximum absolute atomic E-state index is 13.1. The standard InChI is InChI=1S/C13H11ClFN3/c1-3-6-18-8(2)17-12(13(18)16)9-4-5-11(15)10(14)7-9/h1,4-5,7H,6,16H2,2H3. The maximum Gasteiger partial charge on any atom is 0.141 e. The summed E-state index contributed by atoms with van der Waals surface area (Å²) in [5, 5.41) is 0.0380. The molecule has 1 heterocycles. The lowest BCUT2D eigenvalue weighted by Gasteiger charge is -2.03. The Balaban J connectivity index is 2.55. The first-order valence-corrected chi connectivity index (χ1v) is 5.64. The first kappa shape index (κ1) is 12.5. The molecule has 0 amide bonds. The van der Waals surface area contributed by atoms with Crippen LogP contribution in [0.3, 0.4) is 0 Å². The number of nitrogen functional groups attached to an aromatic ring is 1. The van der Waals surface area contributed by atoms with Crippen LogP contribution in [0.5, 0.6) is 0 Å². The van der Waals surface area contributed by atoms with Crippen molar-refractivity contribution in [3.63, 3.8) is 0 Å². The third kappa shape index (κ3) is 2.05. The van der Waals surface area contributed by atoms with E-state index in [9.17, 15) is 4.39 Å². The van der Waals surface area contributed by atoms with Gasteiger partial charge in [-0.3, -0.25) is 0 Å². The van der Waals surface area contributed by atoms with Gasteiger partial charge in [-0.1, -0.05) is 17.5 Å². The number of anilines is 1. The van der Waals surface area contributed by atoms with Crippen molar-refractivity contribution in [2.45, 2.75) is 13.5 Å². The molecule has 0 aliphatic heterocycles. The second kappa shape index (κ2) is 4.71. The highest BCUT2D eigenvalue weighted by Crippen LogP contribution is 2.29. The van der Waals surface area contributed by atoms with Crippen molar-refractivity contribution in [3.05, 3.63) is 34.9 Å². The Bertz CT molecular complexity index is 640. The summed E-state index contributed by atoms with van der Waals surface area (Å²) in [5.74, 6) is 3.20. The molecule has 0 spiro atoms. The van der Waals surface area contributed by atoms with Crippen molar-refractivity contribution >= 4 is 17.4 Å². The van der Waals surface area contributed by atoms with Crippen LogP contribution in [0, 0.1) is 25.1 Å². The molecule has 0 radical (unpaired) electrons. The quantitative estimate of drug-likeness (QED) is 0.847. The summed E-state index contributed by atoms with van der Waals surface area (Å²) in [6, 6.07) is 4.36. The molecule has 0 aliphatic rings. The summed E-state index contributed by atoms with van der Waals surface area (Å²) in [6.07, 6.45) is 5.27. The molecular formula is C13H11ClFN3. The SMILES string of the molecule is C#CCn1c(C)nc(-c2ccc(F)c(Cl)c2)c1N. The van der Waals surface area contributed by atoms with Crippen LogP contribution in [0.4, 0.5) is 10.2 Å². The van der Waals surface area contributed by atoms with Gasteiger partial charge in [0.05, 0.1) is 11.6 Å². The zero-order chi connectivity index (χ0) is 13.3. The predicted molar refractivity (Wildman–Crippen MR) is 70.6 cm³/mol. The molecular weight excluding hydrogens is 253 g/mol. The smallest absolute Gasteiger partial charge is 0.141 e. The number of aryl methyl sites for hydroxylation is 1. The van der Waals surface area contributed by atoms with Crippen LogP contribution in [0.15, 0.2) is 18.2 Å². The number of aromatic nitrogens is 2. The maximum atomic E-state index is 13.1. The molecule has 0 bridgehead atoms. The molecule has 1 aromatic carbocycles. The van der Waals surface area contributed by atoms with Crippen LogP contribution in [-0.2, 0) is 6.54 Å². The van der Waals surface area contributed by atoms with Crippen LogP contribution in [-0.4, -0.2) is 9.55 Å². The zero-order valence-electron chi connectivity index (χ0n) is 9.74. The summed E-state index contributed by atoms with van der Waals surface area (Å²) in [4.78, 5) is 4.33. The van der Waals surface area contributed by atoms with Gasteiger partial charge in [0.15, 0.2) is 0 Å². The molecule has 2 rings (SSSR count). The molecule has 0 saturated heterocycles. The van der Waals surface area contributed by atoms with Gasteiger partial charge in [-0.15, -0.1) is 6.42 Å². The number of benzene rings is 1. The van der Waals surface area contributed by atoms with E-state index in [-0.39, 0.29) is 5.02 Å². The van der Waals surface area contributed by atoms with Crippen LogP contribution >= 0.6 is 11.6 Å². The fraction of sp³-hybridized carbons (Fsp3) is 0.154. The zero-order valence-corrected chi connectivity index (χ0v) is 10.5. The van der Waals surface area contributed by atoms with Crippen molar-refractivity contribution < 1.29 is 4.39 Å². The Morgan fingerprint density at radius 3 is 2.89 bits per heavy atom. The molecule has 2 aromatic rings. The number of halogens is 2. The van der Waals surface area contributed by atoms with Crippen molar-refractivity contribution in [3.8, 4) is 23.6 Å². The molecule has 0 saturated carbocycles. The van der Waals surface area contributed by atoms with Crippen molar-refractivity contribution in [2.24, 2.45) is 0 Å². The molecule has 0 fully saturated rings. The van der Waals surface area contributed by atoms with Crippen molar-refractivity contribution in [1.82, 2.24) is 9.55 Å². The van der Waals surface area contributed by atoms with E-state index in [1.807, 2.05) is 6.92 Å². The second-order valence-electron chi connectivity index (χ2n) is 3.81. The van der Waals surface area contributed by atoms with Crippen LogP contribution in [0.2, 0.25) is 5.02 Å². The number of terminal acetylenes is 1. The number of nitrogens with zero attached hydrogens (tertiary/aromatic N) is 2. The van der Waals surface area contributed by atoms with Crippen LogP contribution in [0.1, 0.15) is 5.82 Å². The molecule has 3 nitrogen and oxygen atoms in total. The van der Waals surface area contributed by atoms with E-state index in [2.05, 4.69) is 10.9 Å². The fourth-order valence-corrected chi connectivity index (χ4v) is 1.91. The monoisotopic (exact) mass is 263 g/mol. The van der Waals surface area contributed by atoms with Gasteiger partial charge in [-0.2, -0.15) is 0 Å². The summed E-state index contributed by atoms with van der Waals surface area (Å²) in [7, 11) is 0. The number of imidazole rings is 1. The molecule has 2 N–H and O–H groups in total. The van der Waals surface area contributed by atoms with E-state index < -0.39 is 5.82 Å². The summed E-state index contributed by atoms with van der Waals surface area (Å²) in [5.41, 5.74) is 7.20. The van der Waals surface area contributed by atoms with Gasteiger partial charge in [0.1, 0.15) is 23.2 Å². The lowest BCUT2D eigenvalue weighted by atomic mass is 10.1. The highest BCUT2D eigenvalue weighted by atomic mass is 35.5. The normalized spacial score (nSPS) is 10.3. The number of hydrogen-bond acceptors (Lipinski definition) is 2. The van der Waals surface area contributed by atoms with E-state index in [0.29, 0.717) is 29.4 Å². The Hall–Kier alpha value is -1.99. The first-order chi connectivity index (χ1) is 8.54. The van der Waals surface area contributed by atoms with Crippen LogP contribution < -0.4 is 5.73 Å². The molecule has 5 heteroatoms. The highest BCUT2D eigenvalue weighted by molar-refractivity contribution is 6.31.